The lowest BCUT2D eigenvalue weighted by Crippen LogP contribution is -2.42. The number of nitrogens with two attached hydrogens (primary N) is 1. The molecule has 1 fully saturated rings. The molecule has 1 atom stereocenters. The van der Waals surface area contributed by atoms with Gasteiger partial charge < -0.3 is 15.4 Å². The molecule has 7 heteroatoms. The molecule has 0 bridgehead atoms. The molecule has 0 spiro atoms. The molecule has 136 valence electrons. The Morgan fingerprint density at radius 2 is 2.12 bits per heavy atom. The first-order valence-corrected chi connectivity index (χ1v) is 9.23. The van der Waals surface area contributed by atoms with Crippen LogP contribution in [0.5, 0.6) is 0 Å². The lowest BCUT2D eigenvalue weighted by atomic mass is 10.1. The fourth-order valence-electron chi connectivity index (χ4n) is 2.91. The maximum absolute atomic E-state index is 13.0. The summed E-state index contributed by atoms with van der Waals surface area (Å²) in [5.41, 5.74) is 7.34. The molecular formula is C18H24ClN3O2S. The molecule has 1 unspecified atom stereocenters. The number of carbonyl (C=O) groups is 1. The lowest BCUT2D eigenvalue weighted by molar-refractivity contribution is 0.0651. The van der Waals surface area contributed by atoms with E-state index in [0.29, 0.717) is 31.8 Å². The van der Waals surface area contributed by atoms with Crippen molar-refractivity contribution in [2.45, 2.75) is 25.3 Å². The Labute approximate surface area is 158 Å². The predicted molar refractivity (Wildman–Crippen MR) is 103 cm³/mol. The summed E-state index contributed by atoms with van der Waals surface area (Å²) >= 11 is 1.51. The molecule has 2 N–H and O–H groups in total. The van der Waals surface area contributed by atoms with Gasteiger partial charge in [0.05, 0.1) is 17.7 Å². The molecule has 1 aliphatic heterocycles. The van der Waals surface area contributed by atoms with Crippen LogP contribution in [0.4, 0.5) is 0 Å². The van der Waals surface area contributed by atoms with Gasteiger partial charge in [0.25, 0.3) is 5.91 Å². The predicted octanol–water partition coefficient (Wildman–Crippen LogP) is 2.54. The van der Waals surface area contributed by atoms with Crippen LogP contribution >= 0.6 is 23.7 Å². The van der Waals surface area contributed by atoms with Crippen LogP contribution in [0, 0.1) is 0 Å². The van der Waals surface area contributed by atoms with Crippen molar-refractivity contribution in [2.24, 2.45) is 5.73 Å². The molecule has 0 saturated carbocycles. The van der Waals surface area contributed by atoms with Crippen LogP contribution < -0.4 is 5.73 Å². The minimum atomic E-state index is 0. The third-order valence-corrected chi connectivity index (χ3v) is 5.13. The molecule has 1 saturated heterocycles. The van der Waals surface area contributed by atoms with Crippen LogP contribution in [-0.2, 0) is 17.6 Å². The summed E-state index contributed by atoms with van der Waals surface area (Å²) in [7, 11) is 0. The highest BCUT2D eigenvalue weighted by Crippen LogP contribution is 2.19. The van der Waals surface area contributed by atoms with Crippen molar-refractivity contribution < 1.29 is 9.53 Å². The number of carbonyl (C=O) groups excluding carboxylic acids is 1. The second-order valence-electron chi connectivity index (χ2n) is 5.92. The number of amides is 1. The summed E-state index contributed by atoms with van der Waals surface area (Å²) in [6.45, 7) is 2.56. The third kappa shape index (κ3) is 5.25. The molecular weight excluding hydrogens is 358 g/mol. The van der Waals surface area contributed by atoms with E-state index < -0.39 is 0 Å². The number of thiazole rings is 1. The number of benzene rings is 1. The number of aromatic nitrogens is 1. The maximum atomic E-state index is 13.0. The van der Waals surface area contributed by atoms with Crippen molar-refractivity contribution in [3.05, 3.63) is 52.0 Å². The van der Waals surface area contributed by atoms with E-state index in [0.717, 1.165) is 24.5 Å². The van der Waals surface area contributed by atoms with Crippen molar-refractivity contribution in [1.82, 2.24) is 9.88 Å². The van der Waals surface area contributed by atoms with Gasteiger partial charge in [0, 0.05) is 25.0 Å². The summed E-state index contributed by atoms with van der Waals surface area (Å²) in [6, 6.07) is 10.4. The average Bonchev–Trinajstić information content (AvgIpc) is 3.28. The van der Waals surface area contributed by atoms with Gasteiger partial charge in [-0.1, -0.05) is 30.3 Å². The van der Waals surface area contributed by atoms with Gasteiger partial charge in [0.15, 0.2) is 0 Å². The van der Waals surface area contributed by atoms with Crippen LogP contribution in [0.1, 0.15) is 27.5 Å². The van der Waals surface area contributed by atoms with Gasteiger partial charge in [-0.15, -0.1) is 23.7 Å². The first-order valence-electron chi connectivity index (χ1n) is 8.35. The monoisotopic (exact) mass is 381 g/mol. The van der Waals surface area contributed by atoms with E-state index in [9.17, 15) is 4.79 Å². The minimum Gasteiger partial charge on any atom is -0.379 e. The van der Waals surface area contributed by atoms with Crippen LogP contribution in [0.2, 0.25) is 0 Å². The molecule has 25 heavy (non-hydrogen) atoms. The molecule has 1 amide bonds. The zero-order valence-corrected chi connectivity index (χ0v) is 15.7. The maximum Gasteiger partial charge on any atom is 0.273 e. The van der Waals surface area contributed by atoms with Crippen molar-refractivity contribution in [3.63, 3.8) is 0 Å². The van der Waals surface area contributed by atoms with Crippen molar-refractivity contribution in [3.8, 4) is 0 Å². The highest BCUT2D eigenvalue weighted by atomic mass is 35.5. The summed E-state index contributed by atoms with van der Waals surface area (Å²) in [4.78, 5) is 19.3. The molecule has 1 aliphatic rings. The molecule has 2 aromatic rings. The standard InChI is InChI=1S/C18H23N3O2S.ClH/c19-9-6-17-20-16(13-24-17)18(22)21(15-8-11-23-12-15)10-7-14-4-2-1-3-5-14;/h1-5,13,15H,6-12,19H2;1H. The van der Waals surface area contributed by atoms with Crippen molar-refractivity contribution >= 4 is 29.7 Å². The van der Waals surface area contributed by atoms with E-state index >= 15 is 0 Å². The molecule has 3 rings (SSSR count). The molecule has 1 aromatic carbocycles. The van der Waals surface area contributed by atoms with Crippen LogP contribution in [-0.4, -0.2) is 48.1 Å². The molecule has 0 radical (unpaired) electrons. The zero-order chi connectivity index (χ0) is 16.8. The van der Waals surface area contributed by atoms with Gasteiger partial charge in [-0.2, -0.15) is 0 Å². The van der Waals surface area contributed by atoms with E-state index in [2.05, 4.69) is 17.1 Å². The minimum absolute atomic E-state index is 0. The van der Waals surface area contributed by atoms with E-state index in [1.807, 2.05) is 28.5 Å². The van der Waals surface area contributed by atoms with Gasteiger partial charge in [-0.05, 0) is 24.9 Å². The smallest absolute Gasteiger partial charge is 0.273 e. The number of hydrogen-bond donors (Lipinski definition) is 1. The van der Waals surface area contributed by atoms with E-state index in [-0.39, 0.29) is 24.4 Å². The highest BCUT2D eigenvalue weighted by molar-refractivity contribution is 7.09. The zero-order valence-electron chi connectivity index (χ0n) is 14.1. The Hall–Kier alpha value is -1.47. The van der Waals surface area contributed by atoms with Gasteiger partial charge in [-0.25, -0.2) is 4.98 Å². The number of rotatable bonds is 7. The number of halogens is 1. The first-order chi connectivity index (χ1) is 11.8. The van der Waals surface area contributed by atoms with E-state index in [1.54, 1.807) is 0 Å². The highest BCUT2D eigenvalue weighted by Gasteiger charge is 2.29. The van der Waals surface area contributed by atoms with E-state index in [1.165, 1.54) is 16.9 Å². The third-order valence-electron chi connectivity index (χ3n) is 4.22. The second kappa shape index (κ2) is 9.87. The van der Waals surface area contributed by atoms with Gasteiger partial charge in [0.2, 0.25) is 0 Å². The van der Waals surface area contributed by atoms with Crippen LogP contribution in [0.15, 0.2) is 35.7 Å². The fraction of sp³-hybridized carbons (Fsp3) is 0.444. The summed E-state index contributed by atoms with van der Waals surface area (Å²) in [6.07, 6.45) is 2.44. The molecule has 2 heterocycles. The summed E-state index contributed by atoms with van der Waals surface area (Å²) in [5, 5.41) is 2.77. The number of nitrogens with zero attached hydrogens (tertiary/aromatic N) is 2. The van der Waals surface area contributed by atoms with Gasteiger partial charge in [-0.3, -0.25) is 4.79 Å². The van der Waals surface area contributed by atoms with E-state index in [4.69, 9.17) is 10.5 Å². The normalized spacial score (nSPS) is 16.4. The Bertz CT molecular complexity index is 659. The Morgan fingerprint density at radius 3 is 2.80 bits per heavy atom. The van der Waals surface area contributed by atoms with Gasteiger partial charge >= 0.3 is 0 Å². The van der Waals surface area contributed by atoms with Crippen molar-refractivity contribution in [1.29, 1.82) is 0 Å². The van der Waals surface area contributed by atoms with Crippen molar-refractivity contribution in [2.75, 3.05) is 26.3 Å². The molecule has 1 aromatic heterocycles. The molecule has 0 aliphatic carbocycles. The average molecular weight is 382 g/mol. The number of ether oxygens (including phenoxy) is 1. The van der Waals surface area contributed by atoms with Crippen LogP contribution in [0.25, 0.3) is 0 Å². The van der Waals surface area contributed by atoms with Crippen LogP contribution in [0.3, 0.4) is 0 Å². The Morgan fingerprint density at radius 1 is 1.32 bits per heavy atom. The first kappa shape index (κ1) is 19.8. The number of hydrogen-bond acceptors (Lipinski definition) is 5. The quantitative estimate of drug-likeness (QED) is 0.800. The fourth-order valence-corrected chi connectivity index (χ4v) is 3.69. The second-order valence-corrected chi connectivity index (χ2v) is 6.86. The van der Waals surface area contributed by atoms with Gasteiger partial charge in [0.1, 0.15) is 5.69 Å². The SMILES string of the molecule is Cl.NCCc1nc(C(=O)N(CCc2ccccc2)C2CCOC2)cs1. The largest absolute Gasteiger partial charge is 0.379 e. The topological polar surface area (TPSA) is 68.5 Å². The lowest BCUT2D eigenvalue weighted by Gasteiger charge is -2.27. The molecule has 5 nitrogen and oxygen atoms in total. The Balaban J connectivity index is 0.00000225. The summed E-state index contributed by atoms with van der Waals surface area (Å²) in [5.74, 6) is 0.000882. The summed E-state index contributed by atoms with van der Waals surface area (Å²) < 4.78 is 5.49. The Kier molecular flexibility index (Phi) is 7.84.